The molecule has 0 aliphatic heterocycles. The summed E-state index contributed by atoms with van der Waals surface area (Å²) in [5.41, 5.74) is 14.1. The van der Waals surface area contributed by atoms with Gasteiger partial charge < -0.3 is 16.2 Å². The van der Waals surface area contributed by atoms with Gasteiger partial charge in [-0.1, -0.05) is 13.0 Å². The Bertz CT molecular complexity index is 506. The van der Waals surface area contributed by atoms with E-state index in [-0.39, 0.29) is 0 Å². The Labute approximate surface area is 101 Å². The van der Waals surface area contributed by atoms with Gasteiger partial charge in [0.1, 0.15) is 11.5 Å². The van der Waals surface area contributed by atoms with Crippen LogP contribution in [0.25, 0.3) is 0 Å². The maximum atomic E-state index is 5.91. The Morgan fingerprint density at radius 2 is 1.59 bits per heavy atom. The van der Waals surface area contributed by atoms with Crippen LogP contribution >= 0.6 is 0 Å². The van der Waals surface area contributed by atoms with Gasteiger partial charge in [-0.15, -0.1) is 0 Å². The molecule has 0 saturated carbocycles. The number of benzene rings is 2. The molecular formula is C14H16N2O. The van der Waals surface area contributed by atoms with E-state index in [1.54, 1.807) is 12.1 Å². The second kappa shape index (κ2) is 4.78. The lowest BCUT2D eigenvalue weighted by Gasteiger charge is -2.08. The van der Waals surface area contributed by atoms with Crippen LogP contribution in [0.3, 0.4) is 0 Å². The Kier molecular flexibility index (Phi) is 3.19. The number of hydrogen-bond acceptors (Lipinski definition) is 3. The van der Waals surface area contributed by atoms with Crippen molar-refractivity contribution in [3.8, 4) is 11.5 Å². The summed E-state index contributed by atoms with van der Waals surface area (Å²) >= 11 is 0. The highest BCUT2D eigenvalue weighted by Gasteiger charge is 2.01. The third-order valence-corrected chi connectivity index (χ3v) is 2.61. The first-order valence-corrected chi connectivity index (χ1v) is 5.61. The highest BCUT2D eigenvalue weighted by Crippen LogP contribution is 2.26. The topological polar surface area (TPSA) is 61.3 Å². The molecule has 3 nitrogen and oxygen atoms in total. The van der Waals surface area contributed by atoms with Crippen LogP contribution in [-0.4, -0.2) is 0 Å². The minimum atomic E-state index is 0.721. The van der Waals surface area contributed by atoms with Crippen LogP contribution in [0, 0.1) is 0 Å². The van der Waals surface area contributed by atoms with Crippen molar-refractivity contribution < 1.29 is 4.74 Å². The fourth-order valence-corrected chi connectivity index (χ4v) is 1.63. The molecule has 0 aliphatic rings. The fourth-order valence-electron chi connectivity index (χ4n) is 1.63. The molecule has 0 bridgehead atoms. The standard InChI is InChI=1S/C14H16N2O/c1-2-10-3-6-13(9-14(10)16)17-12-7-4-11(15)5-8-12/h3-9H,2,15-16H2,1H3. The first-order valence-electron chi connectivity index (χ1n) is 5.61. The maximum absolute atomic E-state index is 5.91. The van der Waals surface area contributed by atoms with Crippen molar-refractivity contribution in [2.45, 2.75) is 13.3 Å². The second-order valence-corrected chi connectivity index (χ2v) is 3.89. The van der Waals surface area contributed by atoms with Gasteiger partial charge in [-0.05, 0) is 42.3 Å². The zero-order chi connectivity index (χ0) is 12.3. The van der Waals surface area contributed by atoms with E-state index < -0.39 is 0 Å². The molecule has 0 fully saturated rings. The second-order valence-electron chi connectivity index (χ2n) is 3.89. The van der Waals surface area contributed by atoms with Crippen molar-refractivity contribution in [2.24, 2.45) is 0 Å². The van der Waals surface area contributed by atoms with Crippen LogP contribution in [0.1, 0.15) is 12.5 Å². The maximum Gasteiger partial charge on any atom is 0.129 e. The van der Waals surface area contributed by atoms with Gasteiger partial charge in [-0.25, -0.2) is 0 Å². The summed E-state index contributed by atoms with van der Waals surface area (Å²) in [6.45, 7) is 2.08. The number of anilines is 2. The van der Waals surface area contributed by atoms with Gasteiger partial charge in [0.05, 0.1) is 0 Å². The largest absolute Gasteiger partial charge is 0.457 e. The van der Waals surface area contributed by atoms with Crippen molar-refractivity contribution in [3.63, 3.8) is 0 Å². The molecular weight excluding hydrogens is 212 g/mol. The van der Waals surface area contributed by atoms with Crippen LogP contribution in [0.4, 0.5) is 11.4 Å². The van der Waals surface area contributed by atoms with E-state index in [2.05, 4.69) is 6.92 Å². The van der Waals surface area contributed by atoms with Crippen molar-refractivity contribution >= 4 is 11.4 Å². The van der Waals surface area contributed by atoms with Crippen LogP contribution in [0.5, 0.6) is 11.5 Å². The lowest BCUT2D eigenvalue weighted by atomic mass is 10.1. The minimum absolute atomic E-state index is 0.721. The fraction of sp³-hybridized carbons (Fsp3) is 0.143. The van der Waals surface area contributed by atoms with Gasteiger partial charge >= 0.3 is 0 Å². The van der Waals surface area contributed by atoms with E-state index in [1.165, 1.54) is 0 Å². The van der Waals surface area contributed by atoms with E-state index >= 15 is 0 Å². The van der Waals surface area contributed by atoms with Gasteiger partial charge in [-0.3, -0.25) is 0 Å². The monoisotopic (exact) mass is 228 g/mol. The molecule has 0 radical (unpaired) electrons. The summed E-state index contributed by atoms with van der Waals surface area (Å²) in [5.74, 6) is 1.49. The third kappa shape index (κ3) is 2.69. The molecule has 88 valence electrons. The average molecular weight is 228 g/mol. The molecule has 0 spiro atoms. The number of ether oxygens (including phenoxy) is 1. The van der Waals surface area contributed by atoms with Crippen molar-refractivity contribution in [1.82, 2.24) is 0 Å². The molecule has 2 rings (SSSR count). The minimum Gasteiger partial charge on any atom is -0.457 e. The smallest absolute Gasteiger partial charge is 0.129 e. The predicted octanol–water partition coefficient (Wildman–Crippen LogP) is 3.21. The lowest BCUT2D eigenvalue weighted by molar-refractivity contribution is 0.483. The number of aryl methyl sites for hydroxylation is 1. The molecule has 0 unspecified atom stereocenters. The molecule has 4 N–H and O–H groups in total. The number of nitrogens with two attached hydrogens (primary N) is 2. The molecule has 0 heterocycles. The Morgan fingerprint density at radius 1 is 0.941 bits per heavy atom. The first kappa shape index (κ1) is 11.3. The Balaban J connectivity index is 2.19. The van der Waals surface area contributed by atoms with Crippen LogP contribution < -0.4 is 16.2 Å². The number of rotatable bonds is 3. The first-order chi connectivity index (χ1) is 8.19. The molecule has 2 aromatic rings. The van der Waals surface area contributed by atoms with E-state index in [0.29, 0.717) is 0 Å². The summed E-state index contributed by atoms with van der Waals surface area (Å²) in [4.78, 5) is 0. The van der Waals surface area contributed by atoms with E-state index in [4.69, 9.17) is 16.2 Å². The predicted molar refractivity (Wildman–Crippen MR) is 71.2 cm³/mol. The molecule has 0 amide bonds. The van der Waals surface area contributed by atoms with Crippen LogP contribution in [-0.2, 0) is 6.42 Å². The SMILES string of the molecule is CCc1ccc(Oc2ccc(N)cc2)cc1N. The Hall–Kier alpha value is -2.16. The van der Waals surface area contributed by atoms with Crippen LogP contribution in [0.2, 0.25) is 0 Å². The molecule has 0 atom stereocenters. The van der Waals surface area contributed by atoms with Crippen molar-refractivity contribution in [3.05, 3.63) is 48.0 Å². The van der Waals surface area contributed by atoms with Crippen molar-refractivity contribution in [1.29, 1.82) is 0 Å². The van der Waals surface area contributed by atoms with E-state index in [0.717, 1.165) is 34.9 Å². The summed E-state index contributed by atoms with van der Waals surface area (Å²) in [7, 11) is 0. The van der Waals surface area contributed by atoms with Crippen molar-refractivity contribution in [2.75, 3.05) is 11.5 Å². The van der Waals surface area contributed by atoms with Gasteiger partial charge in [0.15, 0.2) is 0 Å². The van der Waals surface area contributed by atoms with Crippen LogP contribution in [0.15, 0.2) is 42.5 Å². The highest BCUT2D eigenvalue weighted by molar-refractivity contribution is 5.52. The zero-order valence-electron chi connectivity index (χ0n) is 9.81. The summed E-state index contributed by atoms with van der Waals surface area (Å²) in [6.07, 6.45) is 0.925. The zero-order valence-corrected chi connectivity index (χ0v) is 9.81. The molecule has 0 aliphatic carbocycles. The lowest BCUT2D eigenvalue weighted by Crippen LogP contribution is -1.94. The molecule has 0 aromatic heterocycles. The summed E-state index contributed by atoms with van der Waals surface area (Å²) < 4.78 is 5.68. The molecule has 17 heavy (non-hydrogen) atoms. The van der Waals surface area contributed by atoms with Gasteiger partial charge in [0.25, 0.3) is 0 Å². The van der Waals surface area contributed by atoms with E-state index in [1.807, 2.05) is 30.3 Å². The number of hydrogen-bond donors (Lipinski definition) is 2. The third-order valence-electron chi connectivity index (χ3n) is 2.61. The molecule has 0 saturated heterocycles. The quantitative estimate of drug-likeness (QED) is 0.793. The highest BCUT2D eigenvalue weighted by atomic mass is 16.5. The van der Waals surface area contributed by atoms with Gasteiger partial charge in [-0.2, -0.15) is 0 Å². The van der Waals surface area contributed by atoms with Gasteiger partial charge in [0, 0.05) is 17.4 Å². The molecule has 2 aromatic carbocycles. The normalized spacial score (nSPS) is 10.2. The number of nitrogen functional groups attached to an aromatic ring is 2. The Morgan fingerprint density at radius 3 is 2.18 bits per heavy atom. The van der Waals surface area contributed by atoms with Gasteiger partial charge in [0.2, 0.25) is 0 Å². The average Bonchev–Trinajstić information content (AvgIpc) is 2.32. The summed E-state index contributed by atoms with van der Waals surface area (Å²) in [6, 6.07) is 13.0. The summed E-state index contributed by atoms with van der Waals surface area (Å²) in [5, 5.41) is 0. The molecule has 3 heteroatoms. The van der Waals surface area contributed by atoms with E-state index in [9.17, 15) is 0 Å².